The Hall–Kier alpha value is -1.23. The van der Waals surface area contributed by atoms with Gasteiger partial charge in [-0.25, -0.2) is 4.57 Å². The number of nitrogens with zero attached hydrogens (tertiary/aromatic N) is 2. The van der Waals surface area contributed by atoms with Gasteiger partial charge in [0.1, 0.15) is 18.4 Å². The molecular weight excluding hydrogens is 136 g/mol. The molecule has 1 aromatic heterocycles. The van der Waals surface area contributed by atoms with Crippen LogP contribution in [0, 0.1) is 12.0 Å². The second-order valence-electron chi connectivity index (χ2n) is 2.42. The van der Waals surface area contributed by atoms with Crippen molar-refractivity contribution in [1.29, 1.82) is 0 Å². The Labute approximate surface area is 67.5 Å². The van der Waals surface area contributed by atoms with Gasteiger partial charge >= 0.3 is 0 Å². The molecule has 0 aliphatic heterocycles. The van der Waals surface area contributed by atoms with Crippen molar-refractivity contribution >= 4 is 0 Å². The lowest BCUT2D eigenvalue weighted by atomic mass is 10.5. The highest BCUT2D eigenvalue weighted by Gasteiger charge is 1.97. The van der Waals surface area contributed by atoms with Gasteiger partial charge in [0.2, 0.25) is 0 Å². The van der Waals surface area contributed by atoms with Gasteiger partial charge in [-0.15, -0.1) is 0 Å². The van der Waals surface area contributed by atoms with Crippen LogP contribution in [0.5, 0.6) is 0 Å². The predicted octanol–water partition coefficient (Wildman–Crippen LogP) is 1.01. The maximum Gasteiger partial charge on any atom is 0.257 e. The lowest BCUT2D eigenvalue weighted by Gasteiger charge is -1.86. The van der Waals surface area contributed by atoms with Gasteiger partial charge < -0.3 is 0 Å². The number of aromatic nitrogens is 2. The first kappa shape index (κ1) is 7.87. The molecule has 58 valence electrons. The standard InChI is InChI=1S/C9H13N2/c1-3-5-10-7-8-11(9-10)6-4-2/h7-9H,3,5H2,1-2H3/q+1. The van der Waals surface area contributed by atoms with E-state index in [-0.39, 0.29) is 0 Å². The molecule has 0 atom stereocenters. The first-order valence-corrected chi connectivity index (χ1v) is 3.86. The third kappa shape index (κ3) is 2.12. The van der Waals surface area contributed by atoms with Crippen LogP contribution in [0.25, 0.3) is 0 Å². The van der Waals surface area contributed by atoms with Crippen LogP contribution >= 0.6 is 0 Å². The fraction of sp³-hybridized carbons (Fsp3) is 0.444. The van der Waals surface area contributed by atoms with Crippen LogP contribution in [0.3, 0.4) is 0 Å². The highest BCUT2D eigenvalue weighted by atomic mass is 15.1. The summed E-state index contributed by atoms with van der Waals surface area (Å²) in [6.45, 7) is 5.07. The Kier molecular flexibility index (Phi) is 2.74. The number of rotatable bonds is 2. The lowest BCUT2D eigenvalue weighted by molar-refractivity contribution is -0.583. The molecule has 1 heterocycles. The predicted molar refractivity (Wildman–Crippen MR) is 43.8 cm³/mol. The summed E-state index contributed by atoms with van der Waals surface area (Å²) in [4.78, 5) is 0. The van der Waals surface area contributed by atoms with E-state index in [2.05, 4.69) is 23.5 Å². The molecule has 1 rings (SSSR count). The van der Waals surface area contributed by atoms with E-state index in [1.54, 1.807) is 0 Å². The smallest absolute Gasteiger partial charge is 0.236 e. The van der Waals surface area contributed by atoms with E-state index in [4.69, 9.17) is 0 Å². The minimum Gasteiger partial charge on any atom is -0.236 e. The average Bonchev–Trinajstić information content (AvgIpc) is 2.38. The van der Waals surface area contributed by atoms with E-state index < -0.39 is 0 Å². The Bertz CT molecular complexity index is 275. The number of hydrogen-bond acceptors (Lipinski definition) is 0. The normalized spacial score (nSPS) is 8.91. The fourth-order valence-electron chi connectivity index (χ4n) is 0.980. The molecule has 0 spiro atoms. The number of hydrogen-bond donors (Lipinski definition) is 0. The zero-order chi connectivity index (χ0) is 8.10. The maximum atomic E-state index is 2.93. The molecule has 1 aromatic rings. The van der Waals surface area contributed by atoms with Crippen molar-refractivity contribution in [3.8, 4) is 12.0 Å². The van der Waals surface area contributed by atoms with E-state index in [0.29, 0.717) is 0 Å². The van der Waals surface area contributed by atoms with Crippen molar-refractivity contribution < 1.29 is 4.57 Å². The number of aryl methyl sites for hydroxylation is 1. The van der Waals surface area contributed by atoms with Gasteiger partial charge in [-0.3, -0.25) is 0 Å². The van der Waals surface area contributed by atoms with Gasteiger partial charge in [0.05, 0.1) is 6.54 Å². The summed E-state index contributed by atoms with van der Waals surface area (Å²) < 4.78 is 4.00. The SMILES string of the molecule is CC#C[n+]1ccn(CCC)c1. The topological polar surface area (TPSA) is 8.81 Å². The molecule has 0 saturated carbocycles. The molecule has 0 bridgehead atoms. The lowest BCUT2D eigenvalue weighted by Crippen LogP contribution is -2.24. The Morgan fingerprint density at radius 3 is 3.00 bits per heavy atom. The van der Waals surface area contributed by atoms with Crippen molar-refractivity contribution in [2.75, 3.05) is 0 Å². The van der Waals surface area contributed by atoms with Crippen molar-refractivity contribution in [3.63, 3.8) is 0 Å². The summed E-state index contributed by atoms with van der Waals surface area (Å²) in [6, 6.07) is 2.93. The summed E-state index contributed by atoms with van der Waals surface area (Å²) >= 11 is 0. The van der Waals surface area contributed by atoms with Gasteiger partial charge in [0.15, 0.2) is 0 Å². The van der Waals surface area contributed by atoms with Gasteiger partial charge in [-0.2, -0.15) is 4.57 Å². The van der Waals surface area contributed by atoms with Crippen molar-refractivity contribution in [2.24, 2.45) is 0 Å². The third-order valence-corrected chi connectivity index (χ3v) is 1.41. The molecule has 11 heavy (non-hydrogen) atoms. The van der Waals surface area contributed by atoms with E-state index in [1.807, 2.05) is 30.2 Å². The van der Waals surface area contributed by atoms with Crippen molar-refractivity contribution in [3.05, 3.63) is 18.7 Å². The maximum absolute atomic E-state index is 2.93. The second-order valence-corrected chi connectivity index (χ2v) is 2.42. The number of imidazole rings is 1. The zero-order valence-corrected chi connectivity index (χ0v) is 7.04. The third-order valence-electron chi connectivity index (χ3n) is 1.41. The quantitative estimate of drug-likeness (QED) is 0.438. The average molecular weight is 149 g/mol. The van der Waals surface area contributed by atoms with Crippen LogP contribution in [0.1, 0.15) is 20.3 Å². The van der Waals surface area contributed by atoms with Crippen molar-refractivity contribution in [1.82, 2.24) is 4.57 Å². The monoisotopic (exact) mass is 149 g/mol. The van der Waals surface area contributed by atoms with Crippen molar-refractivity contribution in [2.45, 2.75) is 26.8 Å². The zero-order valence-electron chi connectivity index (χ0n) is 7.04. The highest BCUT2D eigenvalue weighted by Crippen LogP contribution is 1.86. The van der Waals surface area contributed by atoms with E-state index in [0.717, 1.165) is 13.0 Å². The molecule has 0 aliphatic carbocycles. The first-order chi connectivity index (χ1) is 5.36. The molecule has 0 fully saturated rings. The van der Waals surface area contributed by atoms with Crippen LogP contribution in [0.15, 0.2) is 18.7 Å². The molecule has 2 heteroatoms. The molecule has 0 saturated heterocycles. The Morgan fingerprint density at radius 1 is 1.55 bits per heavy atom. The van der Waals surface area contributed by atoms with Gasteiger partial charge in [-0.05, 0) is 6.42 Å². The Balaban J connectivity index is 2.70. The summed E-state index contributed by atoms with van der Waals surface area (Å²) in [5, 5.41) is 0. The van der Waals surface area contributed by atoms with Gasteiger partial charge in [0, 0.05) is 6.92 Å². The van der Waals surface area contributed by atoms with Gasteiger partial charge in [0.25, 0.3) is 6.33 Å². The molecule has 0 aromatic carbocycles. The van der Waals surface area contributed by atoms with E-state index in [1.165, 1.54) is 0 Å². The molecule has 0 aliphatic rings. The highest BCUT2D eigenvalue weighted by molar-refractivity contribution is 4.85. The van der Waals surface area contributed by atoms with Crippen LogP contribution in [0.2, 0.25) is 0 Å². The van der Waals surface area contributed by atoms with Gasteiger partial charge in [-0.1, -0.05) is 12.8 Å². The van der Waals surface area contributed by atoms with E-state index in [9.17, 15) is 0 Å². The van der Waals surface area contributed by atoms with Crippen LogP contribution in [-0.2, 0) is 6.54 Å². The molecule has 0 radical (unpaired) electrons. The summed E-state index contributed by atoms with van der Waals surface area (Å²) in [7, 11) is 0. The summed E-state index contributed by atoms with van der Waals surface area (Å²) in [6.07, 6.45) is 7.16. The minimum absolute atomic E-state index is 1.07. The Morgan fingerprint density at radius 2 is 2.36 bits per heavy atom. The second kappa shape index (κ2) is 3.82. The molecule has 0 N–H and O–H groups in total. The fourth-order valence-corrected chi connectivity index (χ4v) is 0.980. The summed E-state index contributed by atoms with van der Waals surface area (Å²) in [5.41, 5.74) is 0. The minimum atomic E-state index is 1.07. The van der Waals surface area contributed by atoms with Crippen LogP contribution < -0.4 is 4.57 Å². The summed E-state index contributed by atoms with van der Waals surface area (Å²) in [5.74, 6) is 2.84. The first-order valence-electron chi connectivity index (χ1n) is 3.86. The molecular formula is C9H13N2+. The van der Waals surface area contributed by atoms with E-state index >= 15 is 0 Å². The largest absolute Gasteiger partial charge is 0.257 e. The molecule has 2 nitrogen and oxygen atoms in total. The molecule has 0 unspecified atom stereocenters. The van der Waals surface area contributed by atoms with Crippen LogP contribution in [-0.4, -0.2) is 4.57 Å². The molecule has 0 amide bonds. The van der Waals surface area contributed by atoms with Crippen LogP contribution in [0.4, 0.5) is 0 Å².